The highest BCUT2D eigenvalue weighted by molar-refractivity contribution is 5.76. The standard InChI is InChI=1S/C19H38N2O8/c1-12-17(26)19(28)18(27)15(29-12)8-13(23)9-16(25)21-7-5-3-2-4-6-20-10-14(24)11-22/h12-15,17-20,22-24,26-28H,2-11H2,1H3,(H,21,25)/t12-,13?,14?,15-,17+,18+,19+/m0/s1. The molecule has 10 nitrogen and oxygen atoms in total. The zero-order chi connectivity index (χ0) is 21.8. The molecular formula is C19H38N2O8. The predicted octanol–water partition coefficient (Wildman–Crippen LogP) is -2.38. The molecule has 1 saturated heterocycles. The number of rotatable bonds is 14. The third-order valence-electron chi connectivity index (χ3n) is 5.07. The second-order valence-corrected chi connectivity index (χ2v) is 7.75. The van der Waals surface area contributed by atoms with Gasteiger partial charge in [0.1, 0.15) is 18.3 Å². The van der Waals surface area contributed by atoms with E-state index in [4.69, 9.17) is 9.84 Å². The lowest BCUT2D eigenvalue weighted by atomic mass is 9.92. The normalized spacial score (nSPS) is 29.4. The van der Waals surface area contributed by atoms with E-state index < -0.39 is 42.7 Å². The van der Waals surface area contributed by atoms with Crippen molar-refractivity contribution in [2.75, 3.05) is 26.2 Å². The van der Waals surface area contributed by atoms with Crippen LogP contribution in [-0.4, -0.2) is 106 Å². The molecule has 0 bridgehead atoms. The summed E-state index contributed by atoms with van der Waals surface area (Å²) >= 11 is 0. The van der Waals surface area contributed by atoms with Gasteiger partial charge in [0.15, 0.2) is 0 Å². The Bertz CT molecular complexity index is 456. The average Bonchev–Trinajstić information content (AvgIpc) is 2.68. The Kier molecular flexibility index (Phi) is 12.8. The van der Waals surface area contributed by atoms with Gasteiger partial charge in [-0.15, -0.1) is 0 Å². The number of hydrogen-bond donors (Lipinski definition) is 8. The number of unbranched alkanes of at least 4 members (excludes halogenated alkanes) is 3. The summed E-state index contributed by atoms with van der Waals surface area (Å²) in [5.74, 6) is -0.295. The molecule has 1 aliphatic heterocycles. The monoisotopic (exact) mass is 422 g/mol. The van der Waals surface area contributed by atoms with Crippen LogP contribution in [0.4, 0.5) is 0 Å². The average molecular weight is 423 g/mol. The Balaban J connectivity index is 2.08. The number of hydrogen-bond acceptors (Lipinski definition) is 9. The van der Waals surface area contributed by atoms with Gasteiger partial charge in [0.05, 0.1) is 37.4 Å². The molecule has 29 heavy (non-hydrogen) atoms. The molecule has 172 valence electrons. The highest BCUT2D eigenvalue weighted by Gasteiger charge is 2.42. The van der Waals surface area contributed by atoms with Crippen LogP contribution in [0.5, 0.6) is 0 Å². The van der Waals surface area contributed by atoms with E-state index >= 15 is 0 Å². The third-order valence-corrected chi connectivity index (χ3v) is 5.07. The molecule has 2 unspecified atom stereocenters. The number of aliphatic hydroxyl groups excluding tert-OH is 6. The Morgan fingerprint density at radius 2 is 1.62 bits per heavy atom. The van der Waals surface area contributed by atoms with Gasteiger partial charge in [0.25, 0.3) is 0 Å². The molecule has 0 aromatic carbocycles. The van der Waals surface area contributed by atoms with Crippen LogP contribution >= 0.6 is 0 Å². The van der Waals surface area contributed by atoms with Crippen LogP contribution in [0, 0.1) is 0 Å². The van der Waals surface area contributed by atoms with Gasteiger partial charge in [-0.3, -0.25) is 4.79 Å². The first-order chi connectivity index (χ1) is 13.8. The molecule has 0 radical (unpaired) electrons. The van der Waals surface area contributed by atoms with E-state index in [-0.39, 0.29) is 25.4 Å². The van der Waals surface area contributed by atoms with E-state index in [0.717, 1.165) is 32.2 Å². The molecule has 10 heteroatoms. The summed E-state index contributed by atoms with van der Waals surface area (Å²) in [6.45, 7) is 2.96. The minimum Gasteiger partial charge on any atom is -0.394 e. The highest BCUT2D eigenvalue weighted by Crippen LogP contribution is 2.24. The fourth-order valence-electron chi connectivity index (χ4n) is 3.26. The maximum atomic E-state index is 11.9. The summed E-state index contributed by atoms with van der Waals surface area (Å²) < 4.78 is 5.42. The maximum Gasteiger partial charge on any atom is 0.222 e. The molecule has 1 aliphatic rings. The maximum absolute atomic E-state index is 11.9. The lowest BCUT2D eigenvalue weighted by Crippen LogP contribution is -2.57. The van der Waals surface area contributed by atoms with Gasteiger partial charge in [-0.05, 0) is 26.3 Å². The van der Waals surface area contributed by atoms with Crippen LogP contribution in [-0.2, 0) is 9.53 Å². The van der Waals surface area contributed by atoms with E-state index in [0.29, 0.717) is 13.1 Å². The number of ether oxygens (including phenoxy) is 1. The summed E-state index contributed by atoms with van der Waals surface area (Å²) in [5, 5.41) is 63.1. The van der Waals surface area contributed by atoms with Crippen LogP contribution in [0.2, 0.25) is 0 Å². The van der Waals surface area contributed by atoms with Crippen LogP contribution < -0.4 is 10.6 Å². The first-order valence-corrected chi connectivity index (χ1v) is 10.4. The van der Waals surface area contributed by atoms with Gasteiger partial charge in [0, 0.05) is 19.5 Å². The third kappa shape index (κ3) is 10.1. The first-order valence-electron chi connectivity index (χ1n) is 10.4. The van der Waals surface area contributed by atoms with Crippen LogP contribution in [0.25, 0.3) is 0 Å². The smallest absolute Gasteiger partial charge is 0.222 e. The van der Waals surface area contributed by atoms with Crippen LogP contribution in [0.1, 0.15) is 45.4 Å². The minimum absolute atomic E-state index is 0.0132. The SMILES string of the molecule is C[C@@H]1O[C@@H](CC(O)CC(=O)NCCCCCCNCC(O)CO)[C@@H](O)[C@H](O)[C@@H]1O. The van der Waals surface area contributed by atoms with Crippen molar-refractivity contribution in [2.45, 2.75) is 88.2 Å². The molecule has 0 aliphatic carbocycles. The van der Waals surface area contributed by atoms with E-state index in [9.17, 15) is 30.3 Å². The molecule has 1 rings (SSSR count). The Morgan fingerprint density at radius 1 is 0.966 bits per heavy atom. The molecule has 1 fully saturated rings. The molecule has 1 amide bonds. The summed E-state index contributed by atoms with van der Waals surface area (Å²) in [5.41, 5.74) is 0. The molecule has 0 spiro atoms. The van der Waals surface area contributed by atoms with Gasteiger partial charge < -0.3 is 46.0 Å². The van der Waals surface area contributed by atoms with Gasteiger partial charge in [0.2, 0.25) is 5.91 Å². The van der Waals surface area contributed by atoms with E-state index in [2.05, 4.69) is 10.6 Å². The number of carbonyl (C=O) groups excluding carboxylic acids is 1. The number of aliphatic hydroxyl groups is 6. The van der Waals surface area contributed by atoms with E-state index in [1.54, 1.807) is 6.92 Å². The van der Waals surface area contributed by atoms with E-state index in [1.165, 1.54) is 0 Å². The Morgan fingerprint density at radius 3 is 2.28 bits per heavy atom. The second kappa shape index (κ2) is 14.2. The fourth-order valence-corrected chi connectivity index (χ4v) is 3.26. The van der Waals surface area contributed by atoms with Gasteiger partial charge in [-0.1, -0.05) is 12.8 Å². The second-order valence-electron chi connectivity index (χ2n) is 7.75. The van der Waals surface area contributed by atoms with Gasteiger partial charge in [-0.2, -0.15) is 0 Å². The lowest BCUT2D eigenvalue weighted by Gasteiger charge is -2.40. The van der Waals surface area contributed by atoms with Crippen molar-refractivity contribution >= 4 is 5.91 Å². The molecule has 7 atom stereocenters. The molecule has 0 aromatic rings. The van der Waals surface area contributed by atoms with Crippen molar-refractivity contribution in [3.8, 4) is 0 Å². The van der Waals surface area contributed by atoms with Crippen molar-refractivity contribution < 1.29 is 40.2 Å². The van der Waals surface area contributed by atoms with Crippen LogP contribution in [0.3, 0.4) is 0 Å². The number of amides is 1. The topological polar surface area (TPSA) is 172 Å². The number of carbonyl (C=O) groups is 1. The van der Waals surface area contributed by atoms with Crippen molar-refractivity contribution in [1.29, 1.82) is 0 Å². The van der Waals surface area contributed by atoms with Crippen molar-refractivity contribution in [3.05, 3.63) is 0 Å². The molecule has 0 saturated carbocycles. The van der Waals surface area contributed by atoms with Crippen molar-refractivity contribution in [2.24, 2.45) is 0 Å². The molecule has 0 aromatic heterocycles. The Labute approximate surface area is 171 Å². The predicted molar refractivity (Wildman–Crippen MR) is 105 cm³/mol. The summed E-state index contributed by atoms with van der Waals surface area (Å²) in [6, 6.07) is 0. The molecular weight excluding hydrogens is 384 g/mol. The largest absolute Gasteiger partial charge is 0.394 e. The fraction of sp³-hybridized carbons (Fsp3) is 0.947. The highest BCUT2D eigenvalue weighted by atomic mass is 16.5. The molecule has 8 N–H and O–H groups in total. The zero-order valence-corrected chi connectivity index (χ0v) is 17.1. The van der Waals surface area contributed by atoms with Crippen molar-refractivity contribution in [3.63, 3.8) is 0 Å². The number of nitrogens with one attached hydrogen (secondary N) is 2. The first kappa shape index (κ1) is 26.2. The van der Waals surface area contributed by atoms with Crippen molar-refractivity contribution in [1.82, 2.24) is 10.6 Å². The van der Waals surface area contributed by atoms with Gasteiger partial charge >= 0.3 is 0 Å². The lowest BCUT2D eigenvalue weighted by molar-refractivity contribution is -0.222. The van der Waals surface area contributed by atoms with Gasteiger partial charge in [-0.25, -0.2) is 0 Å². The minimum atomic E-state index is -1.35. The van der Waals surface area contributed by atoms with Crippen LogP contribution in [0.15, 0.2) is 0 Å². The quantitative estimate of drug-likeness (QED) is 0.142. The summed E-state index contributed by atoms with van der Waals surface area (Å²) in [7, 11) is 0. The zero-order valence-electron chi connectivity index (χ0n) is 17.1. The summed E-state index contributed by atoms with van der Waals surface area (Å²) in [4.78, 5) is 11.9. The summed E-state index contributed by atoms with van der Waals surface area (Å²) in [6.07, 6.45) is -3.61. The molecule has 1 heterocycles. The van der Waals surface area contributed by atoms with E-state index in [1.807, 2.05) is 0 Å². The Hall–Kier alpha value is -0.850.